The molecule has 1 amide bonds. The van der Waals surface area contributed by atoms with E-state index in [2.05, 4.69) is 79.9 Å². The molecule has 0 aromatic rings. The predicted octanol–water partition coefficient (Wildman–Crippen LogP) is 14.5. The molecule has 0 aliphatic carbocycles. The van der Waals surface area contributed by atoms with Crippen LogP contribution >= 0.6 is 0 Å². The van der Waals surface area contributed by atoms with Gasteiger partial charge in [0.25, 0.3) is 0 Å². The first-order chi connectivity index (χ1) is 34.3. The normalized spacial score (nSPS) is 19.9. The molecule has 1 rings (SSSR count). The SMILES string of the molecule is CC/C=C\C/C=C\C/C=C\C/C=C\C/C=C\CCCCCCCCCCCCCCCCCCCCCCCC(=O)NC(COC1OC(CO)C(O)C(O)C1O)C(O)/C=C/CCCCCCCCCC. The van der Waals surface area contributed by atoms with Gasteiger partial charge in [-0.3, -0.25) is 4.79 Å². The van der Waals surface area contributed by atoms with Crippen LogP contribution < -0.4 is 5.32 Å². The first-order valence-corrected chi connectivity index (χ1v) is 29.2. The third kappa shape index (κ3) is 39.2. The van der Waals surface area contributed by atoms with Gasteiger partial charge in [0, 0.05) is 6.42 Å². The monoisotopic (exact) mass is 984 g/mol. The summed E-state index contributed by atoms with van der Waals surface area (Å²) >= 11 is 0. The minimum Gasteiger partial charge on any atom is -0.394 e. The van der Waals surface area contributed by atoms with Crippen molar-refractivity contribution in [1.29, 1.82) is 0 Å². The minimum absolute atomic E-state index is 0.177. The van der Waals surface area contributed by atoms with Crippen molar-refractivity contribution >= 4 is 5.91 Å². The van der Waals surface area contributed by atoms with Crippen molar-refractivity contribution in [3.8, 4) is 0 Å². The zero-order valence-corrected chi connectivity index (χ0v) is 45.0. The van der Waals surface area contributed by atoms with Crippen LogP contribution in [0.5, 0.6) is 0 Å². The lowest BCUT2D eigenvalue weighted by Gasteiger charge is -2.40. The highest BCUT2D eigenvalue weighted by atomic mass is 16.7. The molecule has 7 atom stereocenters. The fraction of sp³-hybridized carbons (Fsp3) is 0.787. The standard InChI is InChI=1S/C61H109NO8/c1-3-5-7-9-11-13-15-16-17-18-19-20-21-22-23-24-25-26-27-28-29-30-31-32-33-34-35-36-37-38-39-40-41-43-45-47-49-51-57(65)62-54(53-69-61-60(68)59(67)58(66)56(52-63)70-61)55(64)50-48-46-44-42-14-12-10-8-6-4-2/h5,7,11,13,16-17,19-20,22-23,48,50,54-56,58-61,63-64,66-68H,3-4,6,8-10,12,14-15,18,21,24-47,49,51-53H2,1-2H3,(H,62,65)/b7-5-,13-11-,17-16-,20-19-,23-22-,50-48+. The summed E-state index contributed by atoms with van der Waals surface area (Å²) in [5, 5.41) is 54.3. The summed E-state index contributed by atoms with van der Waals surface area (Å²) in [6.07, 6.45) is 62.9. The van der Waals surface area contributed by atoms with Gasteiger partial charge in [0.2, 0.25) is 5.91 Å². The number of aliphatic hydroxyl groups excluding tert-OH is 5. The van der Waals surface area contributed by atoms with Gasteiger partial charge in [-0.05, 0) is 64.2 Å². The summed E-state index contributed by atoms with van der Waals surface area (Å²) in [6.45, 7) is 3.64. The number of carbonyl (C=O) groups excluding carboxylic acids is 1. The van der Waals surface area contributed by atoms with Crippen molar-refractivity contribution in [2.45, 2.75) is 294 Å². The molecule has 0 bridgehead atoms. The molecule has 1 saturated heterocycles. The van der Waals surface area contributed by atoms with Crippen LogP contribution in [0.2, 0.25) is 0 Å². The zero-order valence-electron chi connectivity index (χ0n) is 45.0. The quantitative estimate of drug-likeness (QED) is 0.0261. The average Bonchev–Trinajstić information content (AvgIpc) is 3.36. The van der Waals surface area contributed by atoms with Crippen LogP contribution in [-0.4, -0.2) is 87.5 Å². The van der Waals surface area contributed by atoms with Crippen LogP contribution in [0.4, 0.5) is 0 Å². The third-order valence-corrected chi connectivity index (χ3v) is 13.5. The molecule has 7 unspecified atom stereocenters. The van der Waals surface area contributed by atoms with Crippen molar-refractivity contribution < 1.29 is 39.8 Å². The molecule has 1 aliphatic heterocycles. The number of amides is 1. The van der Waals surface area contributed by atoms with Crippen LogP contribution in [0.25, 0.3) is 0 Å². The Hall–Kier alpha value is -2.37. The number of ether oxygens (including phenoxy) is 2. The maximum Gasteiger partial charge on any atom is 0.220 e. The Balaban J connectivity index is 2.05. The molecule has 0 aromatic carbocycles. The van der Waals surface area contributed by atoms with E-state index in [9.17, 15) is 30.3 Å². The molecule has 0 aromatic heterocycles. The molecule has 0 saturated carbocycles. The number of rotatable bonds is 49. The molecule has 1 heterocycles. The highest BCUT2D eigenvalue weighted by molar-refractivity contribution is 5.76. The Morgan fingerprint density at radius 2 is 0.886 bits per heavy atom. The lowest BCUT2D eigenvalue weighted by atomic mass is 9.99. The second kappa shape index (κ2) is 50.2. The predicted molar refractivity (Wildman–Crippen MR) is 295 cm³/mol. The molecule has 406 valence electrons. The van der Waals surface area contributed by atoms with E-state index in [1.807, 2.05) is 6.08 Å². The molecule has 0 radical (unpaired) electrons. The summed E-state index contributed by atoms with van der Waals surface area (Å²) in [5.74, 6) is -0.177. The first-order valence-electron chi connectivity index (χ1n) is 29.2. The number of hydrogen-bond acceptors (Lipinski definition) is 8. The van der Waals surface area contributed by atoms with Gasteiger partial charge in [-0.1, -0.05) is 254 Å². The number of hydrogen-bond donors (Lipinski definition) is 6. The van der Waals surface area contributed by atoms with Crippen LogP contribution in [-0.2, 0) is 14.3 Å². The van der Waals surface area contributed by atoms with Gasteiger partial charge in [0.05, 0.1) is 25.4 Å². The summed E-state index contributed by atoms with van der Waals surface area (Å²) in [6, 6.07) is -0.803. The molecule has 1 aliphatic rings. The van der Waals surface area contributed by atoms with E-state index in [0.29, 0.717) is 6.42 Å². The van der Waals surface area contributed by atoms with E-state index < -0.39 is 49.5 Å². The van der Waals surface area contributed by atoms with Gasteiger partial charge in [-0.15, -0.1) is 0 Å². The second-order valence-corrected chi connectivity index (χ2v) is 20.1. The fourth-order valence-corrected chi connectivity index (χ4v) is 8.95. The molecular weight excluding hydrogens is 875 g/mol. The first kappa shape index (κ1) is 65.6. The highest BCUT2D eigenvalue weighted by Crippen LogP contribution is 2.23. The van der Waals surface area contributed by atoms with Gasteiger partial charge in [0.15, 0.2) is 6.29 Å². The minimum atomic E-state index is -1.57. The van der Waals surface area contributed by atoms with Gasteiger partial charge in [-0.25, -0.2) is 0 Å². The van der Waals surface area contributed by atoms with E-state index in [4.69, 9.17) is 9.47 Å². The number of unbranched alkanes of at least 4 members (excludes halogenated alkanes) is 29. The zero-order chi connectivity index (χ0) is 50.8. The van der Waals surface area contributed by atoms with Gasteiger partial charge < -0.3 is 40.3 Å². The third-order valence-electron chi connectivity index (χ3n) is 13.5. The van der Waals surface area contributed by atoms with E-state index in [1.165, 1.54) is 161 Å². The van der Waals surface area contributed by atoms with E-state index in [-0.39, 0.29) is 12.5 Å². The average molecular weight is 985 g/mol. The summed E-state index contributed by atoms with van der Waals surface area (Å²) < 4.78 is 11.2. The Morgan fingerprint density at radius 1 is 0.500 bits per heavy atom. The number of carbonyl (C=O) groups is 1. The molecule has 9 heteroatoms. The van der Waals surface area contributed by atoms with Crippen LogP contribution in [0, 0.1) is 0 Å². The summed E-state index contributed by atoms with van der Waals surface area (Å²) in [5.41, 5.74) is 0. The maximum atomic E-state index is 13.0. The Bertz CT molecular complexity index is 1330. The molecule has 70 heavy (non-hydrogen) atoms. The molecule has 1 fully saturated rings. The van der Waals surface area contributed by atoms with Crippen LogP contribution in [0.3, 0.4) is 0 Å². The number of aliphatic hydroxyl groups is 5. The topological polar surface area (TPSA) is 149 Å². The largest absolute Gasteiger partial charge is 0.394 e. The van der Waals surface area contributed by atoms with Gasteiger partial charge in [0.1, 0.15) is 24.4 Å². The van der Waals surface area contributed by atoms with Crippen molar-refractivity contribution in [3.05, 3.63) is 72.9 Å². The molecular formula is C61H109NO8. The number of allylic oxidation sites excluding steroid dienone is 11. The number of nitrogens with one attached hydrogen (secondary N) is 1. The van der Waals surface area contributed by atoms with E-state index >= 15 is 0 Å². The Kier molecular flexibility index (Phi) is 47.1. The van der Waals surface area contributed by atoms with Crippen LogP contribution in [0.15, 0.2) is 72.9 Å². The highest BCUT2D eigenvalue weighted by Gasteiger charge is 2.44. The Morgan fingerprint density at radius 3 is 1.31 bits per heavy atom. The van der Waals surface area contributed by atoms with Gasteiger partial charge >= 0.3 is 0 Å². The summed E-state index contributed by atoms with van der Waals surface area (Å²) in [4.78, 5) is 13.0. The van der Waals surface area contributed by atoms with Crippen molar-refractivity contribution in [2.75, 3.05) is 13.2 Å². The maximum absolute atomic E-state index is 13.0. The van der Waals surface area contributed by atoms with Crippen molar-refractivity contribution in [2.24, 2.45) is 0 Å². The molecule has 6 N–H and O–H groups in total. The van der Waals surface area contributed by atoms with E-state index in [1.54, 1.807) is 6.08 Å². The fourth-order valence-electron chi connectivity index (χ4n) is 8.95. The lowest BCUT2D eigenvalue weighted by molar-refractivity contribution is -0.302. The van der Waals surface area contributed by atoms with Crippen molar-refractivity contribution in [3.63, 3.8) is 0 Å². The Labute approximate surface area is 429 Å². The van der Waals surface area contributed by atoms with Crippen molar-refractivity contribution in [1.82, 2.24) is 5.32 Å². The molecule has 0 spiro atoms. The molecule has 9 nitrogen and oxygen atoms in total. The smallest absolute Gasteiger partial charge is 0.220 e. The van der Waals surface area contributed by atoms with E-state index in [0.717, 1.165) is 70.6 Å². The lowest BCUT2D eigenvalue weighted by Crippen LogP contribution is -2.60. The van der Waals surface area contributed by atoms with Crippen LogP contribution in [0.1, 0.15) is 251 Å². The van der Waals surface area contributed by atoms with Gasteiger partial charge in [-0.2, -0.15) is 0 Å². The summed E-state index contributed by atoms with van der Waals surface area (Å²) in [7, 11) is 0. The second-order valence-electron chi connectivity index (χ2n) is 20.1.